The monoisotopic (exact) mass is 354 g/mol. The standard InChI is InChI=1S/C19H18N2O3S/c1-21(12-17-4-3-11-24-17)18(22)10-7-15-13-25-19(20-15)14-5-8-16(23-2)9-6-14/h3-11,13H,12H2,1-2H3/b10-7+. The Kier molecular flexibility index (Phi) is 5.30. The summed E-state index contributed by atoms with van der Waals surface area (Å²) in [7, 11) is 3.38. The fourth-order valence-electron chi connectivity index (χ4n) is 2.23. The van der Waals surface area contributed by atoms with Gasteiger partial charge in [-0.25, -0.2) is 4.98 Å². The van der Waals surface area contributed by atoms with E-state index in [2.05, 4.69) is 4.98 Å². The van der Waals surface area contributed by atoms with E-state index in [0.717, 1.165) is 27.8 Å². The topological polar surface area (TPSA) is 55.6 Å². The van der Waals surface area contributed by atoms with Gasteiger partial charge in [-0.05, 0) is 42.5 Å². The van der Waals surface area contributed by atoms with E-state index in [1.165, 1.54) is 17.4 Å². The highest BCUT2D eigenvalue weighted by atomic mass is 32.1. The number of furan rings is 1. The van der Waals surface area contributed by atoms with Gasteiger partial charge in [-0.2, -0.15) is 0 Å². The van der Waals surface area contributed by atoms with E-state index in [9.17, 15) is 4.79 Å². The van der Waals surface area contributed by atoms with Gasteiger partial charge in [-0.15, -0.1) is 11.3 Å². The van der Waals surface area contributed by atoms with Crippen molar-refractivity contribution in [3.05, 3.63) is 65.6 Å². The number of hydrogen-bond acceptors (Lipinski definition) is 5. The summed E-state index contributed by atoms with van der Waals surface area (Å²) in [6.45, 7) is 0.435. The van der Waals surface area contributed by atoms with Crippen molar-refractivity contribution in [3.8, 4) is 16.3 Å². The molecule has 0 N–H and O–H groups in total. The smallest absolute Gasteiger partial charge is 0.246 e. The van der Waals surface area contributed by atoms with Crippen molar-refractivity contribution >= 4 is 23.3 Å². The van der Waals surface area contributed by atoms with Crippen LogP contribution in [-0.2, 0) is 11.3 Å². The molecule has 3 rings (SSSR count). The van der Waals surface area contributed by atoms with Crippen LogP contribution in [0.3, 0.4) is 0 Å². The van der Waals surface area contributed by atoms with Gasteiger partial charge in [0, 0.05) is 24.1 Å². The third kappa shape index (κ3) is 4.36. The molecule has 1 amide bonds. The zero-order chi connectivity index (χ0) is 17.6. The van der Waals surface area contributed by atoms with Crippen LogP contribution < -0.4 is 4.74 Å². The third-order valence-electron chi connectivity index (χ3n) is 3.60. The molecule has 0 unspecified atom stereocenters. The van der Waals surface area contributed by atoms with Crippen molar-refractivity contribution in [3.63, 3.8) is 0 Å². The van der Waals surface area contributed by atoms with Crippen LogP contribution in [0.15, 0.2) is 58.5 Å². The van der Waals surface area contributed by atoms with E-state index in [0.29, 0.717) is 6.54 Å². The van der Waals surface area contributed by atoms with Crippen LogP contribution in [0.4, 0.5) is 0 Å². The van der Waals surface area contributed by atoms with Gasteiger partial charge < -0.3 is 14.1 Å². The summed E-state index contributed by atoms with van der Waals surface area (Å²) in [5.41, 5.74) is 1.78. The zero-order valence-corrected chi connectivity index (χ0v) is 14.8. The Morgan fingerprint density at radius 1 is 1.32 bits per heavy atom. The van der Waals surface area contributed by atoms with Crippen LogP contribution >= 0.6 is 11.3 Å². The molecule has 0 aliphatic carbocycles. The highest BCUT2D eigenvalue weighted by molar-refractivity contribution is 7.13. The Bertz CT molecular complexity index is 851. The van der Waals surface area contributed by atoms with Crippen LogP contribution in [0.25, 0.3) is 16.6 Å². The number of nitrogens with zero attached hydrogens (tertiary/aromatic N) is 2. The molecule has 0 saturated heterocycles. The van der Waals surface area contributed by atoms with Crippen molar-refractivity contribution in [1.82, 2.24) is 9.88 Å². The number of thiazole rings is 1. The lowest BCUT2D eigenvalue weighted by atomic mass is 10.2. The number of carbonyl (C=O) groups excluding carboxylic acids is 1. The largest absolute Gasteiger partial charge is 0.497 e. The van der Waals surface area contributed by atoms with Crippen LogP contribution in [0.1, 0.15) is 11.5 Å². The number of aromatic nitrogens is 1. The highest BCUT2D eigenvalue weighted by Gasteiger charge is 2.08. The normalized spacial score (nSPS) is 11.0. The van der Waals surface area contributed by atoms with E-state index >= 15 is 0 Å². The molecule has 5 nitrogen and oxygen atoms in total. The average molecular weight is 354 g/mol. The maximum atomic E-state index is 12.1. The fraction of sp³-hybridized carbons (Fsp3) is 0.158. The van der Waals surface area contributed by atoms with Crippen LogP contribution in [0, 0.1) is 0 Å². The number of amides is 1. The lowest BCUT2D eigenvalue weighted by molar-refractivity contribution is -0.125. The SMILES string of the molecule is COc1ccc(-c2nc(/C=C/C(=O)N(C)Cc3ccco3)cs2)cc1. The Morgan fingerprint density at radius 3 is 2.80 bits per heavy atom. The first-order chi connectivity index (χ1) is 12.2. The Labute approximate surface area is 150 Å². The molecule has 128 valence electrons. The number of benzene rings is 1. The van der Waals surface area contributed by atoms with Gasteiger partial charge in [-0.1, -0.05) is 0 Å². The summed E-state index contributed by atoms with van der Waals surface area (Å²) in [6.07, 6.45) is 4.85. The average Bonchev–Trinajstić information content (AvgIpc) is 3.31. The van der Waals surface area contributed by atoms with E-state index in [1.807, 2.05) is 35.7 Å². The molecule has 3 aromatic rings. The maximum absolute atomic E-state index is 12.1. The van der Waals surface area contributed by atoms with Gasteiger partial charge >= 0.3 is 0 Å². The van der Waals surface area contributed by atoms with E-state index < -0.39 is 0 Å². The minimum Gasteiger partial charge on any atom is -0.497 e. The second-order valence-corrected chi connectivity index (χ2v) is 6.27. The summed E-state index contributed by atoms with van der Waals surface area (Å²) >= 11 is 1.54. The predicted octanol–water partition coefficient (Wildman–Crippen LogP) is 4.08. The molecular formula is C19H18N2O3S. The lowest BCUT2D eigenvalue weighted by Gasteiger charge is -2.12. The molecule has 25 heavy (non-hydrogen) atoms. The molecule has 0 radical (unpaired) electrons. The van der Waals surface area contributed by atoms with Crippen LogP contribution in [0.2, 0.25) is 0 Å². The van der Waals surface area contributed by atoms with Crippen molar-refractivity contribution < 1.29 is 13.9 Å². The predicted molar refractivity (Wildman–Crippen MR) is 98.3 cm³/mol. The summed E-state index contributed by atoms with van der Waals surface area (Å²) < 4.78 is 10.4. The minimum absolute atomic E-state index is 0.101. The van der Waals surface area contributed by atoms with Gasteiger partial charge in [-0.3, -0.25) is 4.79 Å². The van der Waals surface area contributed by atoms with Gasteiger partial charge in [0.15, 0.2) is 0 Å². The van der Waals surface area contributed by atoms with Crippen molar-refractivity contribution in [2.75, 3.05) is 14.2 Å². The number of likely N-dealkylation sites (N-methyl/N-ethyl adjacent to an activating group) is 1. The van der Waals surface area contributed by atoms with Gasteiger partial charge in [0.1, 0.15) is 16.5 Å². The number of hydrogen-bond donors (Lipinski definition) is 0. The summed E-state index contributed by atoms with van der Waals surface area (Å²) in [6, 6.07) is 11.4. The highest BCUT2D eigenvalue weighted by Crippen LogP contribution is 2.26. The zero-order valence-electron chi connectivity index (χ0n) is 14.0. The van der Waals surface area contributed by atoms with E-state index in [1.54, 1.807) is 37.5 Å². The molecule has 2 heterocycles. The summed E-state index contributed by atoms with van der Waals surface area (Å²) in [5.74, 6) is 1.46. The first-order valence-corrected chi connectivity index (χ1v) is 8.59. The van der Waals surface area contributed by atoms with E-state index in [-0.39, 0.29) is 5.91 Å². The van der Waals surface area contributed by atoms with Crippen LogP contribution in [-0.4, -0.2) is 29.9 Å². The van der Waals surface area contributed by atoms with Crippen molar-refractivity contribution in [2.45, 2.75) is 6.54 Å². The second kappa shape index (κ2) is 7.81. The fourth-order valence-corrected chi connectivity index (χ4v) is 3.02. The summed E-state index contributed by atoms with van der Waals surface area (Å²) in [5, 5.41) is 2.83. The van der Waals surface area contributed by atoms with E-state index in [4.69, 9.17) is 9.15 Å². The summed E-state index contributed by atoms with van der Waals surface area (Å²) in [4.78, 5) is 18.3. The molecule has 0 spiro atoms. The minimum atomic E-state index is -0.101. The molecule has 6 heteroatoms. The molecule has 0 fully saturated rings. The number of ether oxygens (including phenoxy) is 1. The third-order valence-corrected chi connectivity index (χ3v) is 4.51. The first-order valence-electron chi connectivity index (χ1n) is 7.71. The second-order valence-electron chi connectivity index (χ2n) is 5.41. The number of rotatable bonds is 6. The van der Waals surface area contributed by atoms with Gasteiger partial charge in [0.05, 0.1) is 25.6 Å². The quantitative estimate of drug-likeness (QED) is 0.626. The maximum Gasteiger partial charge on any atom is 0.246 e. The number of carbonyl (C=O) groups is 1. The molecule has 0 atom stereocenters. The van der Waals surface area contributed by atoms with Crippen molar-refractivity contribution in [1.29, 1.82) is 0 Å². The van der Waals surface area contributed by atoms with Gasteiger partial charge in [0.2, 0.25) is 5.91 Å². The molecular weight excluding hydrogens is 336 g/mol. The Balaban J connectivity index is 1.63. The molecule has 2 aromatic heterocycles. The molecule has 0 aliphatic rings. The molecule has 0 bridgehead atoms. The first kappa shape index (κ1) is 17.0. The molecule has 0 saturated carbocycles. The Morgan fingerprint density at radius 2 is 2.12 bits per heavy atom. The molecule has 1 aromatic carbocycles. The molecule has 0 aliphatic heterocycles. The number of methoxy groups -OCH3 is 1. The Hall–Kier alpha value is -2.86. The van der Waals surface area contributed by atoms with Crippen LogP contribution in [0.5, 0.6) is 5.75 Å². The van der Waals surface area contributed by atoms with Gasteiger partial charge in [0.25, 0.3) is 0 Å². The van der Waals surface area contributed by atoms with Crippen molar-refractivity contribution in [2.24, 2.45) is 0 Å². The lowest BCUT2D eigenvalue weighted by Crippen LogP contribution is -2.23.